The number of hydrogen-bond acceptors (Lipinski definition) is 2. The molecule has 3 rings (SSSR count). The van der Waals surface area contributed by atoms with Crippen LogP contribution in [0.4, 0.5) is 8.78 Å². The molecular weight excluding hydrogens is 376 g/mol. The minimum atomic E-state index is -0.638. The first-order valence-corrected chi connectivity index (χ1v) is 9.99. The number of piperazine rings is 1. The molecule has 2 aromatic rings. The quantitative estimate of drug-likeness (QED) is 0.614. The second-order valence-corrected chi connectivity index (χ2v) is 7.66. The van der Waals surface area contributed by atoms with Crippen LogP contribution in [0.5, 0.6) is 5.75 Å². The van der Waals surface area contributed by atoms with Crippen molar-refractivity contribution in [2.24, 2.45) is 0 Å². The SMILES string of the molecule is COc1ccc(C[NH+]2CC[NH+](CC(=O)N[C@@H](C)c3ccc(F)cc3F)CC2)cc1. The molecule has 1 atom stereocenters. The topological polar surface area (TPSA) is 47.2 Å². The van der Waals surface area contributed by atoms with Gasteiger partial charge in [-0.1, -0.05) is 6.07 Å². The van der Waals surface area contributed by atoms with Crippen molar-refractivity contribution < 1.29 is 28.1 Å². The number of halogens is 2. The summed E-state index contributed by atoms with van der Waals surface area (Å²) in [6.45, 7) is 6.86. The average molecular weight is 405 g/mol. The van der Waals surface area contributed by atoms with Gasteiger partial charge in [-0.3, -0.25) is 4.79 Å². The summed E-state index contributed by atoms with van der Waals surface area (Å²) in [6, 6.07) is 11.1. The molecule has 0 unspecified atom stereocenters. The van der Waals surface area contributed by atoms with Crippen molar-refractivity contribution in [3.63, 3.8) is 0 Å². The van der Waals surface area contributed by atoms with Crippen LogP contribution in [0.25, 0.3) is 0 Å². The van der Waals surface area contributed by atoms with Crippen LogP contribution in [0.15, 0.2) is 42.5 Å². The van der Waals surface area contributed by atoms with Crippen LogP contribution in [0.3, 0.4) is 0 Å². The Bertz CT molecular complexity index is 821. The molecule has 1 fully saturated rings. The lowest BCUT2D eigenvalue weighted by Gasteiger charge is -2.29. The van der Waals surface area contributed by atoms with Crippen LogP contribution in [-0.4, -0.2) is 45.7 Å². The predicted octanol–water partition coefficient (Wildman–Crippen LogP) is 0.134. The van der Waals surface area contributed by atoms with E-state index in [2.05, 4.69) is 17.4 Å². The molecule has 2 aromatic carbocycles. The Labute approximate surface area is 170 Å². The lowest BCUT2D eigenvalue weighted by atomic mass is 10.1. The molecule has 156 valence electrons. The first kappa shape index (κ1) is 21.2. The number of ether oxygens (including phenoxy) is 1. The summed E-state index contributed by atoms with van der Waals surface area (Å²) in [5.74, 6) is -0.515. The number of amides is 1. The zero-order chi connectivity index (χ0) is 20.8. The lowest BCUT2D eigenvalue weighted by molar-refractivity contribution is -1.02. The maximum atomic E-state index is 13.9. The molecule has 1 saturated heterocycles. The van der Waals surface area contributed by atoms with Crippen LogP contribution >= 0.6 is 0 Å². The minimum Gasteiger partial charge on any atom is -0.497 e. The fourth-order valence-electron chi connectivity index (χ4n) is 3.79. The Morgan fingerprint density at radius 2 is 1.72 bits per heavy atom. The number of methoxy groups -OCH3 is 1. The van der Waals surface area contributed by atoms with Crippen molar-refractivity contribution in [1.82, 2.24) is 5.32 Å². The average Bonchev–Trinajstić information content (AvgIpc) is 2.70. The number of nitrogens with one attached hydrogen (secondary N) is 3. The van der Waals surface area contributed by atoms with E-state index in [1.807, 2.05) is 12.1 Å². The normalized spacial score (nSPS) is 20.1. The third-order valence-corrected chi connectivity index (χ3v) is 5.49. The first-order chi connectivity index (χ1) is 13.9. The van der Waals surface area contributed by atoms with Gasteiger partial charge in [-0.25, -0.2) is 8.78 Å². The lowest BCUT2D eigenvalue weighted by Crippen LogP contribution is -3.28. The molecular formula is C22H29F2N3O2+2. The Hall–Kier alpha value is -2.51. The Morgan fingerprint density at radius 3 is 2.34 bits per heavy atom. The fourth-order valence-corrected chi connectivity index (χ4v) is 3.79. The Balaban J connectivity index is 1.43. The van der Waals surface area contributed by atoms with E-state index in [0.29, 0.717) is 12.1 Å². The van der Waals surface area contributed by atoms with Crippen LogP contribution < -0.4 is 19.9 Å². The number of carbonyl (C=O) groups is 1. The van der Waals surface area contributed by atoms with Crippen molar-refractivity contribution in [2.45, 2.75) is 19.5 Å². The third-order valence-electron chi connectivity index (χ3n) is 5.49. The molecule has 1 aliphatic rings. The van der Waals surface area contributed by atoms with Gasteiger partial charge in [0.25, 0.3) is 5.91 Å². The van der Waals surface area contributed by atoms with Gasteiger partial charge in [0.2, 0.25) is 0 Å². The standard InChI is InChI=1S/C22H27F2N3O2/c1-16(20-8-5-18(23)13-21(20)24)25-22(28)15-27-11-9-26(10-12-27)14-17-3-6-19(29-2)7-4-17/h3-8,13,16H,9-12,14-15H2,1-2H3,(H,25,28)/p+2/t16-/m0/s1. The predicted molar refractivity (Wildman–Crippen MR) is 106 cm³/mol. The van der Waals surface area contributed by atoms with E-state index in [1.165, 1.54) is 27.5 Å². The second kappa shape index (κ2) is 9.80. The van der Waals surface area contributed by atoms with E-state index in [0.717, 1.165) is 44.5 Å². The highest BCUT2D eigenvalue weighted by molar-refractivity contribution is 5.77. The van der Waals surface area contributed by atoms with Crippen molar-refractivity contribution in [2.75, 3.05) is 39.8 Å². The van der Waals surface area contributed by atoms with Crippen LogP contribution in [0.2, 0.25) is 0 Å². The molecule has 1 aliphatic heterocycles. The molecule has 0 spiro atoms. The molecule has 0 radical (unpaired) electrons. The van der Waals surface area contributed by atoms with Gasteiger partial charge in [0.1, 0.15) is 50.1 Å². The van der Waals surface area contributed by atoms with Gasteiger partial charge in [0, 0.05) is 17.2 Å². The van der Waals surface area contributed by atoms with Gasteiger partial charge in [-0.2, -0.15) is 0 Å². The zero-order valence-corrected chi connectivity index (χ0v) is 16.9. The van der Waals surface area contributed by atoms with Gasteiger partial charge in [-0.15, -0.1) is 0 Å². The van der Waals surface area contributed by atoms with Crippen molar-refractivity contribution in [3.8, 4) is 5.75 Å². The number of quaternary nitrogens is 2. The molecule has 29 heavy (non-hydrogen) atoms. The summed E-state index contributed by atoms with van der Waals surface area (Å²) < 4.78 is 32.1. The largest absolute Gasteiger partial charge is 0.497 e. The molecule has 1 heterocycles. The molecule has 0 saturated carbocycles. The number of benzene rings is 2. The van der Waals surface area contributed by atoms with E-state index in [9.17, 15) is 13.6 Å². The first-order valence-electron chi connectivity index (χ1n) is 9.99. The van der Waals surface area contributed by atoms with Crippen LogP contribution in [0, 0.1) is 11.6 Å². The number of hydrogen-bond donors (Lipinski definition) is 3. The summed E-state index contributed by atoms with van der Waals surface area (Å²) in [5, 5.41) is 2.82. The van der Waals surface area contributed by atoms with Gasteiger partial charge < -0.3 is 19.9 Å². The molecule has 7 heteroatoms. The highest BCUT2D eigenvalue weighted by atomic mass is 19.1. The highest BCUT2D eigenvalue weighted by Gasteiger charge is 2.25. The van der Waals surface area contributed by atoms with Gasteiger partial charge in [-0.05, 0) is 37.3 Å². The molecule has 3 N–H and O–H groups in total. The Kier molecular flexibility index (Phi) is 7.17. The summed E-state index contributed by atoms with van der Waals surface area (Å²) in [4.78, 5) is 15.1. The van der Waals surface area contributed by atoms with E-state index in [1.54, 1.807) is 14.0 Å². The maximum Gasteiger partial charge on any atom is 0.275 e. The molecule has 0 aliphatic carbocycles. The molecule has 0 bridgehead atoms. The zero-order valence-electron chi connectivity index (χ0n) is 16.9. The van der Waals surface area contributed by atoms with Crippen molar-refractivity contribution >= 4 is 5.91 Å². The Morgan fingerprint density at radius 1 is 1.07 bits per heavy atom. The molecule has 1 amide bonds. The van der Waals surface area contributed by atoms with E-state index >= 15 is 0 Å². The van der Waals surface area contributed by atoms with Crippen LogP contribution in [0.1, 0.15) is 24.1 Å². The van der Waals surface area contributed by atoms with E-state index < -0.39 is 17.7 Å². The smallest absolute Gasteiger partial charge is 0.275 e. The summed E-state index contributed by atoms with van der Waals surface area (Å²) in [6.07, 6.45) is 0. The van der Waals surface area contributed by atoms with Gasteiger partial charge in [0.15, 0.2) is 6.54 Å². The van der Waals surface area contributed by atoms with Crippen molar-refractivity contribution in [1.29, 1.82) is 0 Å². The second-order valence-electron chi connectivity index (χ2n) is 7.66. The van der Waals surface area contributed by atoms with Crippen molar-refractivity contribution in [3.05, 3.63) is 65.2 Å². The fraction of sp³-hybridized carbons (Fsp3) is 0.409. The van der Waals surface area contributed by atoms with Gasteiger partial charge >= 0.3 is 0 Å². The van der Waals surface area contributed by atoms with Gasteiger partial charge in [0.05, 0.1) is 13.2 Å². The minimum absolute atomic E-state index is 0.116. The summed E-state index contributed by atoms with van der Waals surface area (Å²) >= 11 is 0. The summed E-state index contributed by atoms with van der Waals surface area (Å²) in [7, 11) is 1.66. The third kappa shape index (κ3) is 5.98. The number of rotatable bonds is 7. The van der Waals surface area contributed by atoms with Crippen LogP contribution in [-0.2, 0) is 11.3 Å². The maximum absolute atomic E-state index is 13.9. The van der Waals surface area contributed by atoms with E-state index in [-0.39, 0.29) is 5.91 Å². The highest BCUT2D eigenvalue weighted by Crippen LogP contribution is 2.17. The van der Waals surface area contributed by atoms with E-state index in [4.69, 9.17) is 4.74 Å². The monoisotopic (exact) mass is 405 g/mol. The number of carbonyl (C=O) groups excluding carboxylic acids is 1. The molecule has 5 nitrogen and oxygen atoms in total. The summed E-state index contributed by atoms with van der Waals surface area (Å²) in [5.41, 5.74) is 1.57. The molecule has 0 aromatic heterocycles.